The van der Waals surface area contributed by atoms with E-state index in [2.05, 4.69) is 4.90 Å². The van der Waals surface area contributed by atoms with Gasteiger partial charge in [-0.05, 0) is 88.8 Å². The van der Waals surface area contributed by atoms with Crippen LogP contribution in [-0.4, -0.2) is 60.1 Å². The number of carbonyl (C=O) groups excluding carboxylic acids is 2. The molecule has 3 aromatic rings. The molecule has 40 heavy (non-hydrogen) atoms. The van der Waals surface area contributed by atoms with Crippen LogP contribution in [0.2, 0.25) is 0 Å². The van der Waals surface area contributed by atoms with E-state index in [1.54, 1.807) is 17.9 Å². The topological polar surface area (TPSA) is 79.2 Å². The van der Waals surface area contributed by atoms with Gasteiger partial charge >= 0.3 is 12.1 Å². The number of benzene rings is 2. The molecule has 1 unspecified atom stereocenters. The van der Waals surface area contributed by atoms with E-state index in [-0.39, 0.29) is 17.6 Å². The molecule has 2 fully saturated rings. The molecule has 2 aliphatic heterocycles. The summed E-state index contributed by atoms with van der Waals surface area (Å²) in [5.41, 5.74) is 3.76. The number of nitrogens with zero attached hydrogens (tertiary/aromatic N) is 2. The number of methoxy groups -OCH3 is 2. The van der Waals surface area contributed by atoms with Gasteiger partial charge in [-0.15, -0.1) is 0 Å². The lowest BCUT2D eigenvalue weighted by molar-refractivity contribution is -0.0676. The highest BCUT2D eigenvalue weighted by Gasteiger charge is 2.43. The van der Waals surface area contributed by atoms with E-state index in [1.807, 2.05) is 64.1 Å². The minimum atomic E-state index is -0.598. The van der Waals surface area contributed by atoms with Crippen LogP contribution in [-0.2, 0) is 20.8 Å². The molecule has 8 heteroatoms. The summed E-state index contributed by atoms with van der Waals surface area (Å²) in [5, 5.41) is 0.972. The van der Waals surface area contributed by atoms with Crippen LogP contribution in [0.3, 0.4) is 0 Å². The fraction of sp³-hybridized carbons (Fsp3) is 0.500. The Kier molecular flexibility index (Phi) is 7.68. The minimum absolute atomic E-state index is 0.0903. The van der Waals surface area contributed by atoms with Crippen molar-refractivity contribution in [2.45, 2.75) is 77.2 Å². The average molecular weight is 549 g/mol. The van der Waals surface area contributed by atoms with Crippen LogP contribution in [0, 0.1) is 6.92 Å². The van der Waals surface area contributed by atoms with E-state index in [1.165, 1.54) is 7.11 Å². The maximum Gasteiger partial charge on any atom is 0.419 e. The normalized spacial score (nSPS) is 21.6. The zero-order valence-electron chi connectivity index (χ0n) is 24.4. The standard InChI is InChI=1S/C32H40N2O6/c1-21-18-27(37-5)25(24-12-15-34(28(21)24)30(36)40-31(2,3)4)20-33-16-14-32(13-7-17-39-32)19-26(33)22-8-10-23(11-9-22)29(35)38-6/h8-12,15,18,26H,7,13-14,16-17,19-20H2,1-6H3/t26-,32?/m0/s1. The summed E-state index contributed by atoms with van der Waals surface area (Å²) in [6.45, 7) is 9.89. The number of ether oxygens (including phenoxy) is 4. The van der Waals surface area contributed by atoms with Crippen molar-refractivity contribution in [1.82, 2.24) is 9.47 Å². The molecule has 1 spiro atoms. The van der Waals surface area contributed by atoms with Gasteiger partial charge in [-0.2, -0.15) is 0 Å². The maximum absolute atomic E-state index is 13.1. The summed E-state index contributed by atoms with van der Waals surface area (Å²) in [6, 6.07) is 11.8. The van der Waals surface area contributed by atoms with Crippen molar-refractivity contribution in [2.24, 2.45) is 0 Å². The lowest BCUT2D eigenvalue weighted by Crippen LogP contribution is -2.45. The number of fused-ring (bicyclic) bond motifs is 1. The summed E-state index contributed by atoms with van der Waals surface area (Å²) in [7, 11) is 3.08. The van der Waals surface area contributed by atoms with Gasteiger partial charge in [-0.1, -0.05) is 12.1 Å². The fourth-order valence-electron chi connectivity index (χ4n) is 6.25. The quantitative estimate of drug-likeness (QED) is 0.341. The van der Waals surface area contributed by atoms with Gasteiger partial charge in [0.2, 0.25) is 0 Å². The number of likely N-dealkylation sites (tertiary alicyclic amines) is 1. The fourth-order valence-corrected chi connectivity index (χ4v) is 6.25. The molecular weight excluding hydrogens is 508 g/mol. The Morgan fingerprint density at radius 3 is 2.48 bits per heavy atom. The minimum Gasteiger partial charge on any atom is -0.496 e. The summed E-state index contributed by atoms with van der Waals surface area (Å²) >= 11 is 0. The number of piperidine rings is 1. The van der Waals surface area contributed by atoms with Gasteiger partial charge in [0.15, 0.2) is 0 Å². The van der Waals surface area contributed by atoms with E-state index in [4.69, 9.17) is 18.9 Å². The third kappa shape index (κ3) is 5.47. The number of carbonyl (C=O) groups is 2. The molecule has 2 aliphatic rings. The van der Waals surface area contributed by atoms with E-state index >= 15 is 0 Å². The van der Waals surface area contributed by atoms with Crippen LogP contribution in [0.5, 0.6) is 5.75 Å². The van der Waals surface area contributed by atoms with Crippen LogP contribution < -0.4 is 4.74 Å². The smallest absolute Gasteiger partial charge is 0.419 e. The second kappa shape index (κ2) is 10.9. The Balaban J connectivity index is 1.53. The first kappa shape index (κ1) is 28.2. The second-order valence-corrected chi connectivity index (χ2v) is 12.0. The van der Waals surface area contributed by atoms with Crippen LogP contribution in [0.15, 0.2) is 42.6 Å². The van der Waals surface area contributed by atoms with E-state index in [9.17, 15) is 9.59 Å². The molecular formula is C32H40N2O6. The van der Waals surface area contributed by atoms with Crippen molar-refractivity contribution in [2.75, 3.05) is 27.4 Å². The van der Waals surface area contributed by atoms with Gasteiger partial charge in [-0.3, -0.25) is 9.47 Å². The van der Waals surface area contributed by atoms with Gasteiger partial charge < -0.3 is 18.9 Å². The van der Waals surface area contributed by atoms with Crippen molar-refractivity contribution in [1.29, 1.82) is 0 Å². The highest BCUT2D eigenvalue weighted by Crippen LogP contribution is 2.45. The zero-order valence-corrected chi connectivity index (χ0v) is 24.4. The Morgan fingerprint density at radius 1 is 1.10 bits per heavy atom. The molecule has 0 saturated carbocycles. The molecule has 0 aliphatic carbocycles. The van der Waals surface area contributed by atoms with Gasteiger partial charge in [-0.25, -0.2) is 9.59 Å². The molecule has 0 bridgehead atoms. The molecule has 214 valence electrons. The molecule has 0 amide bonds. The lowest BCUT2D eigenvalue weighted by Gasteiger charge is -2.45. The molecule has 5 rings (SSSR count). The molecule has 0 N–H and O–H groups in total. The summed E-state index contributed by atoms with van der Waals surface area (Å²) < 4.78 is 24.4. The number of aromatic nitrogens is 1. The Hall–Kier alpha value is -3.36. The Bertz CT molecular complexity index is 1400. The van der Waals surface area contributed by atoms with Gasteiger partial charge in [0.25, 0.3) is 0 Å². The van der Waals surface area contributed by atoms with Crippen LogP contribution in [0.25, 0.3) is 10.9 Å². The lowest BCUT2D eigenvalue weighted by atomic mass is 9.81. The van der Waals surface area contributed by atoms with Crippen molar-refractivity contribution in [3.05, 3.63) is 64.8 Å². The molecule has 0 radical (unpaired) electrons. The van der Waals surface area contributed by atoms with Crippen molar-refractivity contribution in [3.63, 3.8) is 0 Å². The second-order valence-electron chi connectivity index (χ2n) is 12.0. The number of rotatable bonds is 5. The predicted octanol–water partition coefficient (Wildman–Crippen LogP) is 6.41. The summed E-state index contributed by atoms with van der Waals surface area (Å²) in [4.78, 5) is 27.6. The monoisotopic (exact) mass is 548 g/mol. The van der Waals surface area contributed by atoms with Crippen molar-refractivity contribution in [3.8, 4) is 5.75 Å². The van der Waals surface area contributed by atoms with E-state index < -0.39 is 11.7 Å². The third-order valence-electron chi connectivity index (χ3n) is 8.16. The number of esters is 1. The largest absolute Gasteiger partial charge is 0.496 e. The van der Waals surface area contributed by atoms with Gasteiger partial charge in [0.1, 0.15) is 11.4 Å². The number of aryl methyl sites for hydroxylation is 1. The molecule has 3 heterocycles. The highest BCUT2D eigenvalue weighted by molar-refractivity contribution is 5.95. The van der Waals surface area contributed by atoms with Crippen LogP contribution in [0.1, 0.15) is 79.5 Å². The first-order chi connectivity index (χ1) is 19.0. The first-order valence-corrected chi connectivity index (χ1v) is 14.0. The number of hydrogen-bond acceptors (Lipinski definition) is 7. The molecule has 2 atom stereocenters. The van der Waals surface area contributed by atoms with Crippen LogP contribution >= 0.6 is 0 Å². The molecule has 1 aromatic heterocycles. The van der Waals surface area contributed by atoms with Crippen molar-refractivity contribution >= 4 is 23.0 Å². The Morgan fingerprint density at radius 2 is 1.85 bits per heavy atom. The van der Waals surface area contributed by atoms with Gasteiger partial charge in [0, 0.05) is 42.9 Å². The summed E-state index contributed by atoms with van der Waals surface area (Å²) in [5.74, 6) is 0.452. The summed E-state index contributed by atoms with van der Waals surface area (Å²) in [6.07, 6.45) is 5.37. The van der Waals surface area contributed by atoms with E-state index in [0.717, 1.165) is 72.2 Å². The number of hydrogen-bond donors (Lipinski definition) is 0. The first-order valence-electron chi connectivity index (χ1n) is 14.0. The zero-order chi connectivity index (χ0) is 28.7. The average Bonchev–Trinajstić information content (AvgIpc) is 3.58. The molecule has 8 nitrogen and oxygen atoms in total. The van der Waals surface area contributed by atoms with E-state index in [0.29, 0.717) is 12.1 Å². The SMILES string of the molecule is COC(=O)c1ccc([C@@H]2CC3(CCCO3)CCN2Cc2c(OC)cc(C)c3c2ccn3C(=O)OC(C)(C)C)cc1. The highest BCUT2D eigenvalue weighted by atomic mass is 16.6. The van der Waals surface area contributed by atoms with Crippen molar-refractivity contribution < 1.29 is 28.5 Å². The van der Waals surface area contributed by atoms with Gasteiger partial charge in [0.05, 0.1) is 30.9 Å². The third-order valence-corrected chi connectivity index (χ3v) is 8.16. The molecule has 2 saturated heterocycles. The van der Waals surface area contributed by atoms with Crippen LogP contribution in [0.4, 0.5) is 4.79 Å². The predicted molar refractivity (Wildman–Crippen MR) is 153 cm³/mol. The Labute approximate surface area is 236 Å². The maximum atomic E-state index is 13.1. The molecule has 2 aromatic carbocycles.